The Morgan fingerprint density at radius 1 is 1.45 bits per heavy atom. The maximum atomic E-state index is 11.7. The Kier molecular flexibility index (Phi) is 4.80. The largest absolute Gasteiger partial charge is 0.461 e. The Balaban J connectivity index is 1.43. The van der Waals surface area contributed by atoms with Crippen molar-refractivity contribution < 1.29 is 14.3 Å². The molecule has 116 valence electrons. The average molecular weight is 301 g/mol. The first-order chi connectivity index (χ1) is 10.8. The number of imidazole rings is 1. The van der Waals surface area contributed by atoms with Gasteiger partial charge in [0, 0.05) is 37.2 Å². The van der Waals surface area contributed by atoms with Crippen molar-refractivity contribution in [2.24, 2.45) is 0 Å². The van der Waals surface area contributed by atoms with E-state index < -0.39 is 0 Å². The molecule has 1 fully saturated rings. The van der Waals surface area contributed by atoms with Crippen LogP contribution in [0.3, 0.4) is 0 Å². The van der Waals surface area contributed by atoms with Crippen LogP contribution in [0.1, 0.15) is 31.2 Å². The summed E-state index contributed by atoms with van der Waals surface area (Å²) in [6, 6.07) is 3.77. The maximum Gasteiger partial charge on any atom is 0.306 e. The molecule has 0 bridgehead atoms. The van der Waals surface area contributed by atoms with Gasteiger partial charge in [0.05, 0.1) is 6.10 Å². The van der Waals surface area contributed by atoms with Gasteiger partial charge in [-0.3, -0.25) is 9.36 Å². The molecule has 3 heterocycles. The number of carbonyl (C=O) groups is 1. The molecule has 0 radical (unpaired) electrons. The Labute approximate surface area is 129 Å². The lowest BCUT2D eigenvalue weighted by Crippen LogP contribution is -2.11. The quantitative estimate of drug-likeness (QED) is 0.766. The predicted molar refractivity (Wildman–Crippen MR) is 79.4 cm³/mol. The van der Waals surface area contributed by atoms with Gasteiger partial charge in [0.1, 0.15) is 18.8 Å². The molecule has 0 aromatic carbocycles. The predicted octanol–water partition coefficient (Wildman–Crippen LogP) is 2.27. The molecule has 1 aliphatic heterocycles. The molecule has 3 rings (SSSR count). The number of hydrogen-bond acceptors (Lipinski definition) is 5. The van der Waals surface area contributed by atoms with E-state index >= 15 is 0 Å². The van der Waals surface area contributed by atoms with Crippen LogP contribution in [0.4, 0.5) is 0 Å². The summed E-state index contributed by atoms with van der Waals surface area (Å²) in [7, 11) is 0. The normalized spacial score (nSPS) is 17.5. The van der Waals surface area contributed by atoms with E-state index in [9.17, 15) is 4.79 Å². The van der Waals surface area contributed by atoms with Crippen molar-refractivity contribution in [1.29, 1.82) is 0 Å². The van der Waals surface area contributed by atoms with Gasteiger partial charge in [-0.15, -0.1) is 0 Å². The third kappa shape index (κ3) is 3.92. The van der Waals surface area contributed by atoms with Gasteiger partial charge in [0.2, 0.25) is 0 Å². The fourth-order valence-electron chi connectivity index (χ4n) is 2.44. The fourth-order valence-corrected chi connectivity index (χ4v) is 2.44. The van der Waals surface area contributed by atoms with Gasteiger partial charge in [0.25, 0.3) is 0 Å². The average Bonchev–Trinajstić information content (AvgIpc) is 3.24. The Morgan fingerprint density at radius 3 is 3.09 bits per heavy atom. The summed E-state index contributed by atoms with van der Waals surface area (Å²) >= 11 is 0. The van der Waals surface area contributed by atoms with Gasteiger partial charge in [-0.05, 0) is 25.3 Å². The summed E-state index contributed by atoms with van der Waals surface area (Å²) in [5.74, 6) is 0.597. The van der Waals surface area contributed by atoms with E-state index in [1.807, 2.05) is 22.9 Å². The number of pyridine rings is 1. The number of esters is 1. The topological polar surface area (TPSA) is 66.2 Å². The molecule has 0 unspecified atom stereocenters. The highest BCUT2D eigenvalue weighted by molar-refractivity contribution is 5.69. The van der Waals surface area contributed by atoms with E-state index in [0.717, 1.165) is 37.3 Å². The smallest absolute Gasteiger partial charge is 0.306 e. The monoisotopic (exact) mass is 301 g/mol. The highest BCUT2D eigenvalue weighted by Crippen LogP contribution is 2.17. The molecule has 0 spiro atoms. The SMILES string of the molecule is O=C(CC[C@H]1CCCO1)OCc1ccc(-n2ccnc2)nc1. The van der Waals surface area contributed by atoms with E-state index in [2.05, 4.69) is 9.97 Å². The van der Waals surface area contributed by atoms with E-state index in [1.54, 1.807) is 18.7 Å². The molecule has 2 aromatic heterocycles. The molecule has 0 amide bonds. The van der Waals surface area contributed by atoms with Crippen molar-refractivity contribution in [2.45, 2.75) is 38.4 Å². The number of hydrogen-bond donors (Lipinski definition) is 0. The number of carbonyl (C=O) groups excluding carboxylic acids is 1. The van der Waals surface area contributed by atoms with Gasteiger partial charge >= 0.3 is 5.97 Å². The van der Waals surface area contributed by atoms with Crippen LogP contribution in [0, 0.1) is 0 Å². The minimum absolute atomic E-state index is 0.186. The third-order valence-electron chi connectivity index (χ3n) is 3.67. The van der Waals surface area contributed by atoms with E-state index in [1.165, 1.54) is 0 Å². The molecular formula is C16H19N3O3. The molecule has 6 heteroatoms. The second-order valence-electron chi connectivity index (χ2n) is 5.33. The number of nitrogens with zero attached hydrogens (tertiary/aromatic N) is 3. The Hall–Kier alpha value is -2.21. The summed E-state index contributed by atoms with van der Waals surface area (Å²) in [5, 5.41) is 0. The molecule has 6 nitrogen and oxygen atoms in total. The molecule has 22 heavy (non-hydrogen) atoms. The van der Waals surface area contributed by atoms with Gasteiger partial charge in [0.15, 0.2) is 0 Å². The second-order valence-corrected chi connectivity index (χ2v) is 5.33. The van der Waals surface area contributed by atoms with Crippen molar-refractivity contribution in [3.63, 3.8) is 0 Å². The molecular weight excluding hydrogens is 282 g/mol. The van der Waals surface area contributed by atoms with Crippen LogP contribution in [0.25, 0.3) is 5.82 Å². The highest BCUT2D eigenvalue weighted by Gasteiger charge is 2.17. The summed E-state index contributed by atoms with van der Waals surface area (Å²) < 4.78 is 12.6. The summed E-state index contributed by atoms with van der Waals surface area (Å²) in [6.45, 7) is 1.07. The van der Waals surface area contributed by atoms with Crippen LogP contribution in [0.5, 0.6) is 0 Å². The van der Waals surface area contributed by atoms with Gasteiger partial charge < -0.3 is 9.47 Å². The van der Waals surface area contributed by atoms with Crippen LogP contribution in [-0.2, 0) is 20.9 Å². The van der Waals surface area contributed by atoms with Crippen LogP contribution < -0.4 is 0 Å². The van der Waals surface area contributed by atoms with E-state index in [4.69, 9.17) is 9.47 Å². The van der Waals surface area contributed by atoms with Crippen LogP contribution >= 0.6 is 0 Å². The number of aromatic nitrogens is 3. The minimum Gasteiger partial charge on any atom is -0.461 e. The number of rotatable bonds is 6. The summed E-state index contributed by atoms with van der Waals surface area (Å²) in [5.41, 5.74) is 0.870. The first-order valence-electron chi connectivity index (χ1n) is 7.52. The zero-order valence-corrected chi connectivity index (χ0v) is 12.4. The molecule has 1 aliphatic rings. The Morgan fingerprint density at radius 2 is 2.41 bits per heavy atom. The summed E-state index contributed by atoms with van der Waals surface area (Å²) in [4.78, 5) is 20.0. The minimum atomic E-state index is -0.186. The molecule has 1 saturated heterocycles. The summed E-state index contributed by atoms with van der Waals surface area (Å²) in [6.07, 6.45) is 10.4. The lowest BCUT2D eigenvalue weighted by atomic mass is 10.1. The molecule has 1 atom stereocenters. The molecule has 2 aromatic rings. The van der Waals surface area contributed by atoms with Crippen molar-refractivity contribution >= 4 is 5.97 Å². The van der Waals surface area contributed by atoms with E-state index in [-0.39, 0.29) is 18.7 Å². The van der Waals surface area contributed by atoms with Crippen molar-refractivity contribution in [2.75, 3.05) is 6.61 Å². The Bertz CT molecular complexity index is 590. The van der Waals surface area contributed by atoms with Crippen molar-refractivity contribution in [3.8, 4) is 5.82 Å². The molecule has 0 N–H and O–H groups in total. The zero-order valence-electron chi connectivity index (χ0n) is 12.4. The molecule has 0 aliphatic carbocycles. The standard InChI is InChI=1S/C16H19N3O3/c20-16(6-4-14-2-1-9-21-14)22-11-13-3-5-15(18-10-13)19-8-7-17-12-19/h3,5,7-8,10,12,14H,1-2,4,6,9,11H2/t14-/m1/s1. The first kappa shape index (κ1) is 14.7. The van der Waals surface area contributed by atoms with Gasteiger partial charge in [-0.1, -0.05) is 6.07 Å². The van der Waals surface area contributed by atoms with E-state index in [0.29, 0.717) is 6.42 Å². The van der Waals surface area contributed by atoms with Crippen molar-refractivity contribution in [3.05, 3.63) is 42.6 Å². The highest BCUT2D eigenvalue weighted by atomic mass is 16.5. The van der Waals surface area contributed by atoms with Crippen LogP contribution in [0.2, 0.25) is 0 Å². The van der Waals surface area contributed by atoms with Crippen molar-refractivity contribution in [1.82, 2.24) is 14.5 Å². The lowest BCUT2D eigenvalue weighted by Gasteiger charge is -2.09. The van der Waals surface area contributed by atoms with Gasteiger partial charge in [-0.25, -0.2) is 9.97 Å². The lowest BCUT2D eigenvalue weighted by molar-refractivity contribution is -0.145. The molecule has 0 saturated carbocycles. The zero-order chi connectivity index (χ0) is 15.2. The van der Waals surface area contributed by atoms with Crippen LogP contribution in [0.15, 0.2) is 37.1 Å². The van der Waals surface area contributed by atoms with Crippen LogP contribution in [-0.4, -0.2) is 33.2 Å². The number of ether oxygens (including phenoxy) is 2. The fraction of sp³-hybridized carbons (Fsp3) is 0.438. The second kappa shape index (κ2) is 7.17. The third-order valence-corrected chi connectivity index (χ3v) is 3.67. The maximum absolute atomic E-state index is 11.7. The van der Waals surface area contributed by atoms with Gasteiger partial charge in [-0.2, -0.15) is 0 Å². The first-order valence-corrected chi connectivity index (χ1v) is 7.52.